The van der Waals surface area contributed by atoms with Crippen LogP contribution in [0.5, 0.6) is 0 Å². The van der Waals surface area contributed by atoms with E-state index in [1.165, 1.54) is 0 Å². The van der Waals surface area contributed by atoms with E-state index in [9.17, 15) is 0 Å². The molecule has 0 aromatic heterocycles. The summed E-state index contributed by atoms with van der Waals surface area (Å²) in [5.41, 5.74) is 0. The van der Waals surface area contributed by atoms with Gasteiger partial charge in [0.1, 0.15) is 0 Å². The number of hydrogen-bond acceptors (Lipinski definition) is 0. The molecule has 0 saturated heterocycles. The Morgan fingerprint density at radius 1 is 1.00 bits per heavy atom. The van der Waals surface area contributed by atoms with Gasteiger partial charge in [-0.15, -0.1) is 0 Å². The van der Waals surface area contributed by atoms with E-state index in [1.54, 1.807) is 0 Å². The molecule has 4 heavy (non-hydrogen) atoms. The zero-order chi connectivity index (χ0) is 0. The van der Waals surface area contributed by atoms with Crippen LogP contribution in [0.3, 0.4) is 0 Å². The molecule has 0 rings (SSSR count). The van der Waals surface area contributed by atoms with Gasteiger partial charge in [0.05, 0.1) is 0 Å². The average molecular weight is 340 g/mol. The summed E-state index contributed by atoms with van der Waals surface area (Å²) in [6.07, 6.45) is 0. The van der Waals surface area contributed by atoms with E-state index in [1.807, 2.05) is 0 Å². The number of hydrogen-bond donors (Lipinski definition) is 0. The fourth-order valence-electron chi connectivity index (χ4n) is 0. The molecule has 0 saturated carbocycles. The first kappa shape index (κ1) is 40.1. The molecule has 0 aromatic rings. The van der Waals surface area contributed by atoms with E-state index < -0.39 is 0 Å². The van der Waals surface area contributed by atoms with Gasteiger partial charge in [-0.2, -0.15) is 0 Å². The molecule has 0 aliphatic rings. The van der Waals surface area contributed by atoms with E-state index in [-0.39, 0.29) is 65.2 Å². The van der Waals surface area contributed by atoms with E-state index in [0.29, 0.717) is 0 Å². The van der Waals surface area contributed by atoms with Gasteiger partial charge in [0.2, 0.25) is 0 Å². The Balaban J connectivity index is 0. The predicted octanol–water partition coefficient (Wildman–Crippen LogP) is -0.505. The van der Waals surface area contributed by atoms with E-state index in [4.69, 9.17) is 0 Å². The first-order chi connectivity index (χ1) is 0. The molecule has 0 N–H and O–H groups in total. The Kier molecular flexibility index (Phi) is 210. The first-order valence-electron chi connectivity index (χ1n) is 0. The van der Waals surface area contributed by atoms with Crippen molar-refractivity contribution in [2.45, 2.75) is 0 Å². The minimum Gasteiger partial charge on any atom is -2.00 e. The second kappa shape index (κ2) is 21.0. The van der Waals surface area contributed by atoms with Gasteiger partial charge >= 0.3 is 59.8 Å². The molecule has 4 heteroatoms. The summed E-state index contributed by atoms with van der Waals surface area (Å²) in [6, 6.07) is 0. The summed E-state index contributed by atoms with van der Waals surface area (Å²) >= 11 is 0. The van der Waals surface area contributed by atoms with Crippen LogP contribution in [-0.2, 0) is 39.0 Å². The second-order valence-corrected chi connectivity index (χ2v) is 0. The summed E-state index contributed by atoms with van der Waals surface area (Å²) in [5, 5.41) is 0. The van der Waals surface area contributed by atoms with Crippen LogP contribution in [0.15, 0.2) is 0 Å². The van der Waals surface area contributed by atoms with Crippen LogP contribution in [0.25, 0.3) is 0 Å². The molecule has 0 aliphatic heterocycles. The van der Waals surface area contributed by atoms with Crippen molar-refractivity contribution in [3.05, 3.63) is 0 Å². The van der Waals surface area contributed by atoms with E-state index >= 15 is 0 Å². The van der Waals surface area contributed by atoms with Gasteiger partial charge in [-0.25, -0.2) is 0 Å². The molecule has 0 unspecified atom stereocenters. The van der Waals surface area contributed by atoms with Crippen LogP contribution in [0, 0.1) is 0 Å². The van der Waals surface area contributed by atoms with Gasteiger partial charge in [0, 0.05) is 0 Å². The monoisotopic (exact) mass is 339 g/mol. The third-order valence-corrected chi connectivity index (χ3v) is 0. The topological polar surface area (TPSA) is 28.5 Å². The van der Waals surface area contributed by atoms with Crippen molar-refractivity contribution in [3.8, 4) is 0 Å². The molecule has 24 valence electrons. The summed E-state index contributed by atoms with van der Waals surface area (Å²) in [7, 11) is 0. The molecule has 0 atom stereocenters. The summed E-state index contributed by atoms with van der Waals surface area (Å²) < 4.78 is 0. The molecule has 0 aromatic carbocycles. The quantitative estimate of drug-likeness (QED) is 0.532. The van der Waals surface area contributed by atoms with Crippen LogP contribution in [-0.4, -0.2) is 26.2 Å². The van der Waals surface area contributed by atoms with Crippen LogP contribution in [0.4, 0.5) is 0 Å². The maximum atomic E-state index is 0. The molecule has 0 spiro atoms. The maximum absolute atomic E-state index is 0. The Hall–Kier alpha value is 1.86. The molecule has 0 heterocycles. The van der Waals surface area contributed by atoms with Crippen molar-refractivity contribution in [1.29, 1.82) is 0 Å². The standard InChI is InChI=1S/Bi.Fe.Ni.O/q+3;2*+2;-2. The SMILES string of the molecule is [Bi+3].[Fe+2].[Ni+2].[O-2]. The van der Waals surface area contributed by atoms with E-state index in [2.05, 4.69) is 0 Å². The molecule has 1 nitrogen and oxygen atoms in total. The Morgan fingerprint density at radius 3 is 1.00 bits per heavy atom. The Bertz CT molecular complexity index is 8.00. The molecule has 0 fully saturated rings. The van der Waals surface area contributed by atoms with Crippen molar-refractivity contribution in [2.24, 2.45) is 0 Å². The fraction of sp³-hybridized carbons (Fsp3) is 0. The van der Waals surface area contributed by atoms with Crippen LogP contribution in [0.2, 0.25) is 0 Å². The van der Waals surface area contributed by atoms with Crippen molar-refractivity contribution >= 4 is 26.2 Å². The third-order valence-electron chi connectivity index (χ3n) is 0. The van der Waals surface area contributed by atoms with Gasteiger partial charge in [0.25, 0.3) is 0 Å². The molecular weight excluding hydrogens is 340 g/mol. The van der Waals surface area contributed by atoms with Crippen LogP contribution < -0.4 is 0 Å². The van der Waals surface area contributed by atoms with Crippen molar-refractivity contribution < 1.29 is 39.0 Å². The van der Waals surface area contributed by atoms with E-state index in [0.717, 1.165) is 0 Å². The Morgan fingerprint density at radius 2 is 1.00 bits per heavy atom. The van der Waals surface area contributed by atoms with Gasteiger partial charge < -0.3 is 5.48 Å². The third kappa shape index (κ3) is 9.13. The van der Waals surface area contributed by atoms with Crippen molar-refractivity contribution in [1.82, 2.24) is 0 Å². The van der Waals surface area contributed by atoms with Gasteiger partial charge in [-0.1, -0.05) is 0 Å². The summed E-state index contributed by atoms with van der Waals surface area (Å²) in [4.78, 5) is 0. The van der Waals surface area contributed by atoms with Gasteiger partial charge in [-0.05, 0) is 0 Å². The molecule has 2 radical (unpaired) electrons. The minimum absolute atomic E-state index is 0. The summed E-state index contributed by atoms with van der Waals surface area (Å²) in [5.74, 6) is 0. The van der Waals surface area contributed by atoms with Crippen molar-refractivity contribution in [2.75, 3.05) is 0 Å². The zero-order valence-electron chi connectivity index (χ0n) is 1.53. The largest absolute Gasteiger partial charge is 3.00 e. The molecule has 0 bridgehead atoms. The zero-order valence-corrected chi connectivity index (χ0v) is 7.09. The molecular formula is BiFeNiO+5. The van der Waals surface area contributed by atoms with Crippen molar-refractivity contribution in [3.63, 3.8) is 0 Å². The van der Waals surface area contributed by atoms with Gasteiger partial charge in [0.15, 0.2) is 0 Å². The molecule has 0 amide bonds. The van der Waals surface area contributed by atoms with Crippen LogP contribution in [0.1, 0.15) is 0 Å². The second-order valence-electron chi connectivity index (χ2n) is 0. The predicted molar refractivity (Wildman–Crippen MR) is 6.44 cm³/mol. The van der Waals surface area contributed by atoms with Crippen LogP contribution >= 0.6 is 0 Å². The average Bonchev–Trinajstić information content (AvgIpc) is 0. The minimum atomic E-state index is 0. The number of rotatable bonds is 0. The van der Waals surface area contributed by atoms with Gasteiger partial charge in [-0.3, -0.25) is 0 Å². The fourth-order valence-corrected chi connectivity index (χ4v) is 0. The summed E-state index contributed by atoms with van der Waals surface area (Å²) in [6.45, 7) is 0. The molecule has 0 aliphatic carbocycles. The maximum Gasteiger partial charge on any atom is 3.00 e. The normalized spacial score (nSPS) is 0. The first-order valence-corrected chi connectivity index (χ1v) is 0. The Labute approximate surface area is 64.7 Å². The smallest absolute Gasteiger partial charge is 2.00 e.